The second-order valence-electron chi connectivity index (χ2n) is 9.72. The number of ether oxygens (including phenoxy) is 2. The third-order valence-electron chi connectivity index (χ3n) is 7.43. The Morgan fingerprint density at radius 2 is 1.87 bits per heavy atom. The van der Waals surface area contributed by atoms with E-state index in [1.54, 1.807) is 19.4 Å². The molecule has 8 nitrogen and oxygen atoms in total. The number of carboxylic acids is 1. The van der Waals surface area contributed by atoms with E-state index in [9.17, 15) is 23.8 Å². The zero-order chi connectivity index (χ0) is 27.3. The Labute approximate surface area is 220 Å². The molecule has 2 aromatic carbocycles. The number of benzene rings is 2. The van der Waals surface area contributed by atoms with Gasteiger partial charge in [-0.15, -0.1) is 0 Å². The molecule has 10 heteroatoms. The third-order valence-corrected chi connectivity index (χ3v) is 7.43. The second-order valence-corrected chi connectivity index (χ2v) is 9.72. The molecule has 1 atom stereocenters. The van der Waals surface area contributed by atoms with Gasteiger partial charge in [0.05, 0.1) is 24.1 Å². The van der Waals surface area contributed by atoms with Crippen LogP contribution in [0.2, 0.25) is 0 Å². The van der Waals surface area contributed by atoms with Crippen molar-refractivity contribution in [2.75, 3.05) is 33.4 Å². The quantitative estimate of drug-likeness (QED) is 0.341. The Kier molecular flexibility index (Phi) is 8.76. The van der Waals surface area contributed by atoms with E-state index >= 15 is 0 Å². The summed E-state index contributed by atoms with van der Waals surface area (Å²) in [7, 11) is 1.56. The average Bonchev–Trinajstić information content (AvgIpc) is 2.90. The van der Waals surface area contributed by atoms with Crippen molar-refractivity contribution in [3.05, 3.63) is 65.4 Å². The van der Waals surface area contributed by atoms with Crippen molar-refractivity contribution >= 4 is 16.9 Å². The summed E-state index contributed by atoms with van der Waals surface area (Å²) in [5, 5.41) is 22.1. The SMILES string of the molecule is COc1ccc2ncc(CN)c(C(O)CCC3(C(=O)O)CCN(CCOc4cc(F)cc(F)c4)CC3)c2c1. The molecule has 0 radical (unpaired) electrons. The monoisotopic (exact) mass is 529 g/mol. The Hall–Kier alpha value is -3.34. The van der Waals surface area contributed by atoms with Crippen LogP contribution in [0.25, 0.3) is 10.9 Å². The van der Waals surface area contributed by atoms with E-state index in [-0.39, 0.29) is 25.3 Å². The fraction of sp³-hybridized carbons (Fsp3) is 0.429. The summed E-state index contributed by atoms with van der Waals surface area (Å²) < 4.78 is 37.5. The second kappa shape index (κ2) is 12.0. The van der Waals surface area contributed by atoms with Gasteiger partial charge in [-0.3, -0.25) is 14.7 Å². The number of halogens is 2. The van der Waals surface area contributed by atoms with Gasteiger partial charge in [0.25, 0.3) is 0 Å². The number of hydrogen-bond acceptors (Lipinski definition) is 7. The smallest absolute Gasteiger partial charge is 0.309 e. The van der Waals surface area contributed by atoms with Crippen LogP contribution in [0.15, 0.2) is 42.6 Å². The molecule has 0 aliphatic carbocycles. The number of hydrogen-bond donors (Lipinski definition) is 3. The normalized spacial score (nSPS) is 16.3. The van der Waals surface area contributed by atoms with Crippen LogP contribution in [-0.2, 0) is 11.3 Å². The maximum atomic E-state index is 13.3. The Balaban J connectivity index is 1.39. The summed E-state index contributed by atoms with van der Waals surface area (Å²) in [6.07, 6.45) is 2.12. The van der Waals surface area contributed by atoms with E-state index in [0.29, 0.717) is 61.3 Å². The van der Waals surface area contributed by atoms with E-state index in [2.05, 4.69) is 9.88 Å². The van der Waals surface area contributed by atoms with Crippen molar-refractivity contribution in [1.29, 1.82) is 0 Å². The number of nitrogens with two attached hydrogens (primary N) is 1. The summed E-state index contributed by atoms with van der Waals surface area (Å²) in [6.45, 7) is 1.98. The van der Waals surface area contributed by atoms with Crippen LogP contribution in [0.5, 0.6) is 11.5 Å². The van der Waals surface area contributed by atoms with Crippen LogP contribution in [0.1, 0.15) is 42.9 Å². The molecule has 4 rings (SSSR count). The lowest BCUT2D eigenvalue weighted by atomic mass is 9.74. The molecule has 204 valence electrons. The zero-order valence-electron chi connectivity index (χ0n) is 21.3. The van der Waals surface area contributed by atoms with Crippen molar-refractivity contribution < 1.29 is 33.3 Å². The average molecular weight is 530 g/mol. The number of aliphatic carboxylic acids is 1. The molecule has 1 unspecified atom stereocenters. The third kappa shape index (κ3) is 6.20. The molecule has 38 heavy (non-hydrogen) atoms. The molecule has 3 aromatic rings. The fourth-order valence-corrected chi connectivity index (χ4v) is 5.15. The van der Waals surface area contributed by atoms with E-state index in [1.165, 1.54) is 0 Å². The minimum absolute atomic E-state index is 0.117. The van der Waals surface area contributed by atoms with Crippen molar-refractivity contribution in [2.24, 2.45) is 11.1 Å². The van der Waals surface area contributed by atoms with Crippen LogP contribution >= 0.6 is 0 Å². The van der Waals surface area contributed by atoms with E-state index in [0.717, 1.165) is 23.6 Å². The van der Waals surface area contributed by atoms with Crippen molar-refractivity contribution in [1.82, 2.24) is 9.88 Å². The number of methoxy groups -OCH3 is 1. The molecule has 1 aromatic heterocycles. The highest BCUT2D eigenvalue weighted by Gasteiger charge is 2.41. The van der Waals surface area contributed by atoms with Crippen molar-refractivity contribution in [3.8, 4) is 11.5 Å². The number of carbonyl (C=O) groups is 1. The first-order chi connectivity index (χ1) is 18.2. The molecule has 2 heterocycles. The fourth-order valence-electron chi connectivity index (χ4n) is 5.15. The van der Waals surface area contributed by atoms with Gasteiger partial charge in [-0.2, -0.15) is 0 Å². The number of likely N-dealkylation sites (tertiary alicyclic amines) is 1. The Bertz CT molecular complexity index is 1260. The number of pyridine rings is 1. The molecule has 0 bridgehead atoms. The molecular weight excluding hydrogens is 496 g/mol. The maximum absolute atomic E-state index is 13.3. The topological polar surface area (TPSA) is 118 Å². The number of aliphatic hydroxyl groups excluding tert-OH is 1. The standard InChI is InChI=1S/C28H33F2N3O5/c1-37-21-2-3-24-23(15-21)26(18(16-31)17-32-24)25(34)4-5-28(27(35)36)6-8-33(9-7-28)10-11-38-22-13-19(29)12-20(30)14-22/h2-3,12-15,17,25,34H,4-11,16,31H2,1H3,(H,35,36). The molecule has 1 fully saturated rings. The van der Waals surface area contributed by atoms with Crippen LogP contribution in [0.3, 0.4) is 0 Å². The highest BCUT2D eigenvalue weighted by Crippen LogP contribution is 2.40. The van der Waals surface area contributed by atoms with Gasteiger partial charge < -0.3 is 25.4 Å². The van der Waals surface area contributed by atoms with E-state index in [1.807, 2.05) is 12.1 Å². The molecule has 1 aliphatic heterocycles. The van der Waals surface area contributed by atoms with Gasteiger partial charge >= 0.3 is 5.97 Å². The first kappa shape index (κ1) is 27.7. The lowest BCUT2D eigenvalue weighted by Gasteiger charge is -2.39. The van der Waals surface area contributed by atoms with Crippen LogP contribution in [0.4, 0.5) is 8.78 Å². The zero-order valence-corrected chi connectivity index (χ0v) is 21.3. The molecule has 0 saturated carbocycles. The van der Waals surface area contributed by atoms with Gasteiger partial charge in [0, 0.05) is 42.9 Å². The van der Waals surface area contributed by atoms with Gasteiger partial charge in [0.15, 0.2) is 0 Å². The number of rotatable bonds is 11. The maximum Gasteiger partial charge on any atom is 0.309 e. The highest BCUT2D eigenvalue weighted by atomic mass is 19.1. The van der Waals surface area contributed by atoms with E-state index in [4.69, 9.17) is 15.2 Å². The first-order valence-corrected chi connectivity index (χ1v) is 12.6. The number of piperidine rings is 1. The molecule has 0 amide bonds. The van der Waals surface area contributed by atoms with Crippen molar-refractivity contribution in [2.45, 2.75) is 38.3 Å². The molecule has 1 saturated heterocycles. The summed E-state index contributed by atoms with van der Waals surface area (Å²) in [4.78, 5) is 18.9. The number of nitrogens with zero attached hydrogens (tertiary/aromatic N) is 2. The molecule has 4 N–H and O–H groups in total. The predicted octanol–water partition coefficient (Wildman–Crippen LogP) is 4.04. The van der Waals surface area contributed by atoms with Crippen LogP contribution < -0.4 is 15.2 Å². The predicted molar refractivity (Wildman–Crippen MR) is 138 cm³/mol. The van der Waals surface area contributed by atoms with Crippen LogP contribution in [0, 0.1) is 17.0 Å². The van der Waals surface area contributed by atoms with Crippen molar-refractivity contribution in [3.63, 3.8) is 0 Å². The lowest BCUT2D eigenvalue weighted by Crippen LogP contribution is -2.45. The first-order valence-electron chi connectivity index (χ1n) is 12.6. The van der Waals surface area contributed by atoms with Crippen LogP contribution in [-0.4, -0.2) is 59.4 Å². The van der Waals surface area contributed by atoms with Gasteiger partial charge in [0.2, 0.25) is 0 Å². The molecular formula is C28H33F2N3O5. The number of aliphatic hydroxyl groups is 1. The number of fused-ring (bicyclic) bond motifs is 1. The van der Waals surface area contributed by atoms with Gasteiger partial charge in [-0.05, 0) is 68.1 Å². The minimum Gasteiger partial charge on any atom is -0.497 e. The Morgan fingerprint density at radius 3 is 2.50 bits per heavy atom. The lowest BCUT2D eigenvalue weighted by molar-refractivity contribution is -0.153. The summed E-state index contributed by atoms with van der Waals surface area (Å²) >= 11 is 0. The van der Waals surface area contributed by atoms with Gasteiger partial charge in [-0.25, -0.2) is 8.78 Å². The summed E-state index contributed by atoms with van der Waals surface area (Å²) in [6, 6.07) is 8.45. The number of carboxylic acid groups (broad SMARTS) is 1. The highest BCUT2D eigenvalue weighted by molar-refractivity contribution is 5.85. The summed E-state index contributed by atoms with van der Waals surface area (Å²) in [5.74, 6) is -1.54. The van der Waals surface area contributed by atoms with Gasteiger partial charge in [0.1, 0.15) is 29.7 Å². The Morgan fingerprint density at radius 1 is 1.16 bits per heavy atom. The molecule has 0 spiro atoms. The number of aromatic nitrogens is 1. The minimum atomic E-state index is -0.965. The van der Waals surface area contributed by atoms with E-state index < -0.39 is 29.1 Å². The molecule has 1 aliphatic rings. The largest absolute Gasteiger partial charge is 0.497 e. The van der Waals surface area contributed by atoms with Gasteiger partial charge in [-0.1, -0.05) is 0 Å². The summed E-state index contributed by atoms with van der Waals surface area (Å²) in [5.41, 5.74) is 7.03.